The van der Waals surface area contributed by atoms with Crippen molar-refractivity contribution in [3.05, 3.63) is 35.4 Å². The third-order valence-electron chi connectivity index (χ3n) is 7.30. The Labute approximate surface area is 186 Å². The molecular weight excluding hydrogens is 421 g/mol. The molecule has 8 heteroatoms. The van der Waals surface area contributed by atoms with Gasteiger partial charge in [-0.3, -0.25) is 9.59 Å². The van der Waals surface area contributed by atoms with Gasteiger partial charge in [-0.15, -0.1) is 0 Å². The summed E-state index contributed by atoms with van der Waals surface area (Å²) in [5.41, 5.74) is -0.432. The van der Waals surface area contributed by atoms with Crippen LogP contribution in [-0.2, 0) is 26.9 Å². The van der Waals surface area contributed by atoms with Crippen LogP contribution in [0.5, 0.6) is 0 Å². The number of carbonyl (C=O) groups excluding carboxylic acids is 2. The number of hydrogen-bond donors (Lipinski definition) is 0. The average molecular weight is 453 g/mol. The van der Waals surface area contributed by atoms with Gasteiger partial charge in [0.05, 0.1) is 18.2 Å². The van der Waals surface area contributed by atoms with Crippen LogP contribution < -0.4 is 0 Å². The van der Waals surface area contributed by atoms with Gasteiger partial charge in [0, 0.05) is 38.3 Å². The molecule has 0 aromatic heterocycles. The van der Waals surface area contributed by atoms with Crippen molar-refractivity contribution in [2.24, 2.45) is 11.8 Å². The molecule has 3 aliphatic heterocycles. The van der Waals surface area contributed by atoms with E-state index in [0.29, 0.717) is 57.7 Å². The van der Waals surface area contributed by atoms with Crippen LogP contribution in [0.3, 0.4) is 0 Å². The quantitative estimate of drug-likeness (QED) is 0.671. The number of amides is 2. The largest absolute Gasteiger partial charge is 0.416 e. The molecule has 3 fully saturated rings. The Kier molecular flexibility index (Phi) is 6.27. The topological polar surface area (TPSA) is 49.9 Å². The van der Waals surface area contributed by atoms with Crippen LogP contribution in [0.1, 0.15) is 57.1 Å². The molecule has 0 aliphatic carbocycles. The SMILES string of the molecule is CC(C)[C@H]1COC23CCN(C(=O)CCCc4ccc(C(F)(F)F)cc4)CC2CCC(=O)N13. The van der Waals surface area contributed by atoms with Crippen molar-refractivity contribution in [1.82, 2.24) is 9.80 Å². The molecular formula is C24H31F3N2O3. The van der Waals surface area contributed by atoms with Crippen LogP contribution in [0, 0.1) is 11.8 Å². The molecule has 176 valence electrons. The summed E-state index contributed by atoms with van der Waals surface area (Å²) in [7, 11) is 0. The van der Waals surface area contributed by atoms with Crippen molar-refractivity contribution in [2.75, 3.05) is 19.7 Å². The Morgan fingerprint density at radius 2 is 1.97 bits per heavy atom. The van der Waals surface area contributed by atoms with E-state index in [4.69, 9.17) is 4.74 Å². The number of halogens is 3. The van der Waals surface area contributed by atoms with Gasteiger partial charge in [0.1, 0.15) is 5.72 Å². The zero-order chi connectivity index (χ0) is 23.1. The molecule has 3 aliphatic rings. The van der Waals surface area contributed by atoms with Crippen LogP contribution in [0.15, 0.2) is 24.3 Å². The molecule has 5 nitrogen and oxygen atoms in total. The monoisotopic (exact) mass is 452 g/mol. The Balaban J connectivity index is 1.32. The lowest BCUT2D eigenvalue weighted by Gasteiger charge is -2.53. The number of piperidine rings is 2. The maximum Gasteiger partial charge on any atom is 0.416 e. The average Bonchev–Trinajstić information content (AvgIpc) is 3.14. The highest BCUT2D eigenvalue weighted by Gasteiger charge is 2.59. The number of ether oxygens (including phenoxy) is 1. The number of aryl methyl sites for hydroxylation is 1. The molecule has 0 N–H and O–H groups in total. The van der Waals surface area contributed by atoms with Crippen molar-refractivity contribution in [3.8, 4) is 0 Å². The van der Waals surface area contributed by atoms with E-state index in [9.17, 15) is 22.8 Å². The van der Waals surface area contributed by atoms with E-state index in [1.54, 1.807) is 0 Å². The number of likely N-dealkylation sites (tertiary alicyclic amines) is 1. The first kappa shape index (κ1) is 23.1. The standard InChI is InChI=1S/C24H31F3N2O3/c1-16(2)20-15-32-23-12-13-28(14-19(23)10-11-22(31)29(20)23)21(30)5-3-4-17-6-8-18(9-7-17)24(25,26)27/h6-9,16,19-20H,3-5,10-15H2,1-2H3/t19?,20-,23?/m1/s1. The predicted molar refractivity (Wildman–Crippen MR) is 112 cm³/mol. The highest BCUT2D eigenvalue weighted by molar-refractivity contribution is 5.79. The molecule has 4 rings (SSSR count). The van der Waals surface area contributed by atoms with E-state index in [-0.39, 0.29) is 23.8 Å². The van der Waals surface area contributed by atoms with Crippen LogP contribution >= 0.6 is 0 Å². The van der Waals surface area contributed by atoms with E-state index < -0.39 is 17.5 Å². The zero-order valence-corrected chi connectivity index (χ0v) is 18.7. The molecule has 0 radical (unpaired) electrons. The van der Waals surface area contributed by atoms with Crippen LogP contribution in [0.2, 0.25) is 0 Å². The second-order valence-corrected chi connectivity index (χ2v) is 9.60. The fourth-order valence-corrected chi connectivity index (χ4v) is 5.47. The lowest BCUT2D eigenvalue weighted by atomic mass is 9.79. The molecule has 3 atom stereocenters. The highest BCUT2D eigenvalue weighted by atomic mass is 19.4. The minimum Gasteiger partial charge on any atom is -0.353 e. The Hall–Kier alpha value is -2.09. The first-order valence-corrected chi connectivity index (χ1v) is 11.5. The fourth-order valence-electron chi connectivity index (χ4n) is 5.47. The number of benzene rings is 1. The second kappa shape index (κ2) is 8.69. The molecule has 3 heterocycles. The predicted octanol–water partition coefficient (Wildman–Crippen LogP) is 4.25. The molecule has 3 saturated heterocycles. The van der Waals surface area contributed by atoms with Gasteiger partial charge in [-0.25, -0.2) is 0 Å². The normalized spacial score (nSPS) is 28.1. The van der Waals surface area contributed by atoms with Crippen LogP contribution in [0.4, 0.5) is 13.2 Å². The third-order valence-corrected chi connectivity index (χ3v) is 7.30. The number of alkyl halides is 3. The van der Waals surface area contributed by atoms with Gasteiger partial charge in [-0.1, -0.05) is 26.0 Å². The van der Waals surface area contributed by atoms with Crippen molar-refractivity contribution < 1.29 is 27.5 Å². The summed E-state index contributed by atoms with van der Waals surface area (Å²) in [6.07, 6.45) is -0.961. The number of nitrogens with zero attached hydrogens (tertiary/aromatic N) is 2. The van der Waals surface area contributed by atoms with E-state index in [2.05, 4.69) is 13.8 Å². The first-order valence-electron chi connectivity index (χ1n) is 11.5. The molecule has 32 heavy (non-hydrogen) atoms. The lowest BCUT2D eigenvalue weighted by Crippen LogP contribution is -2.65. The second-order valence-electron chi connectivity index (χ2n) is 9.60. The fraction of sp³-hybridized carbons (Fsp3) is 0.667. The molecule has 0 saturated carbocycles. The van der Waals surface area contributed by atoms with Gasteiger partial charge in [0.15, 0.2) is 0 Å². The Morgan fingerprint density at radius 3 is 2.62 bits per heavy atom. The number of hydrogen-bond acceptors (Lipinski definition) is 3. The van der Waals surface area contributed by atoms with Crippen molar-refractivity contribution in [3.63, 3.8) is 0 Å². The Morgan fingerprint density at radius 1 is 1.25 bits per heavy atom. The lowest BCUT2D eigenvalue weighted by molar-refractivity contribution is -0.193. The summed E-state index contributed by atoms with van der Waals surface area (Å²) in [6.45, 7) is 5.93. The highest BCUT2D eigenvalue weighted by Crippen LogP contribution is 2.47. The van der Waals surface area contributed by atoms with Gasteiger partial charge in [0.25, 0.3) is 0 Å². The summed E-state index contributed by atoms with van der Waals surface area (Å²) in [4.78, 5) is 29.4. The maximum absolute atomic E-state index is 12.8. The minimum absolute atomic E-state index is 0.0635. The van der Waals surface area contributed by atoms with Crippen LogP contribution in [-0.4, -0.2) is 53.1 Å². The number of carbonyl (C=O) groups is 2. The summed E-state index contributed by atoms with van der Waals surface area (Å²) in [6, 6.07) is 5.23. The van der Waals surface area contributed by atoms with Crippen LogP contribution in [0.25, 0.3) is 0 Å². The first-order chi connectivity index (χ1) is 15.1. The summed E-state index contributed by atoms with van der Waals surface area (Å²) < 4.78 is 44.3. The van der Waals surface area contributed by atoms with E-state index in [1.165, 1.54) is 12.1 Å². The van der Waals surface area contributed by atoms with Gasteiger partial charge >= 0.3 is 6.18 Å². The van der Waals surface area contributed by atoms with Gasteiger partial charge in [-0.2, -0.15) is 13.2 Å². The molecule has 2 unspecified atom stereocenters. The smallest absolute Gasteiger partial charge is 0.353 e. The Bertz CT molecular complexity index is 855. The van der Waals surface area contributed by atoms with Crippen molar-refractivity contribution in [2.45, 2.75) is 70.3 Å². The summed E-state index contributed by atoms with van der Waals surface area (Å²) >= 11 is 0. The van der Waals surface area contributed by atoms with E-state index in [0.717, 1.165) is 24.1 Å². The molecule has 1 aromatic rings. The van der Waals surface area contributed by atoms with E-state index >= 15 is 0 Å². The zero-order valence-electron chi connectivity index (χ0n) is 18.7. The van der Waals surface area contributed by atoms with E-state index in [1.807, 2.05) is 9.80 Å². The van der Waals surface area contributed by atoms with Gasteiger partial charge in [0.2, 0.25) is 11.8 Å². The van der Waals surface area contributed by atoms with Crippen molar-refractivity contribution in [1.29, 1.82) is 0 Å². The molecule has 1 aromatic carbocycles. The van der Waals surface area contributed by atoms with Crippen molar-refractivity contribution >= 4 is 11.8 Å². The summed E-state index contributed by atoms with van der Waals surface area (Å²) in [5.74, 6) is 0.667. The van der Waals surface area contributed by atoms with Gasteiger partial charge < -0.3 is 14.5 Å². The number of rotatable bonds is 5. The molecule has 1 spiro atoms. The maximum atomic E-state index is 12.8. The molecule has 0 bridgehead atoms. The molecule has 2 amide bonds. The minimum atomic E-state index is -4.34. The third kappa shape index (κ3) is 4.26. The van der Waals surface area contributed by atoms with Gasteiger partial charge in [-0.05, 0) is 42.9 Å². The summed E-state index contributed by atoms with van der Waals surface area (Å²) in [5, 5.41) is 0.